The normalized spacial score (nSPS) is 11.5. The highest BCUT2D eigenvalue weighted by Gasteiger charge is 2.26. The van der Waals surface area contributed by atoms with Gasteiger partial charge in [0.25, 0.3) is 0 Å². The van der Waals surface area contributed by atoms with Crippen LogP contribution < -0.4 is 4.90 Å². The molecule has 10 aromatic carbocycles. The molecule has 0 radical (unpaired) electrons. The first kappa shape index (κ1) is 36.8. The lowest BCUT2D eigenvalue weighted by Crippen LogP contribution is -2.13. The maximum absolute atomic E-state index is 2.52. The number of anilines is 3. The molecule has 2 nitrogen and oxygen atoms in total. The van der Waals surface area contributed by atoms with E-state index in [0.717, 1.165) is 44.9 Å². The first-order valence-electron chi connectivity index (χ1n) is 21.5. The number of nitrogens with zero attached hydrogens (tertiary/aromatic N) is 2. The molecule has 0 saturated carbocycles. The molecule has 0 atom stereocenters. The predicted octanol–water partition coefficient (Wildman–Crippen LogP) is 17.3. The Morgan fingerprint density at radius 3 is 1.57 bits per heavy atom. The highest BCUT2D eigenvalue weighted by atomic mass is 32.1. The number of rotatable bonds is 8. The van der Waals surface area contributed by atoms with Crippen molar-refractivity contribution in [2.75, 3.05) is 4.90 Å². The van der Waals surface area contributed by atoms with Gasteiger partial charge in [-0.15, -0.1) is 11.3 Å². The van der Waals surface area contributed by atoms with Crippen LogP contribution >= 0.6 is 11.3 Å². The summed E-state index contributed by atoms with van der Waals surface area (Å²) in [7, 11) is 0. The largest absolute Gasteiger partial charge is 0.309 e. The van der Waals surface area contributed by atoms with Crippen LogP contribution in [0.1, 0.15) is 0 Å². The quantitative estimate of drug-likeness (QED) is 0.148. The van der Waals surface area contributed by atoms with Gasteiger partial charge in [0, 0.05) is 53.2 Å². The number of hydrogen-bond donors (Lipinski definition) is 0. The van der Waals surface area contributed by atoms with E-state index in [1.807, 2.05) is 11.3 Å². The molecule has 12 aromatic rings. The van der Waals surface area contributed by atoms with Gasteiger partial charge in [-0.2, -0.15) is 0 Å². The molecule has 2 aromatic heterocycles. The molecule has 2 heterocycles. The molecular formula is C60H40N2S. The summed E-state index contributed by atoms with van der Waals surface area (Å²) in [4.78, 5) is 2.52. The second-order valence-electron chi connectivity index (χ2n) is 16.0. The minimum Gasteiger partial charge on any atom is -0.309 e. The van der Waals surface area contributed by atoms with E-state index in [1.54, 1.807) is 0 Å². The number of hydrogen-bond acceptors (Lipinski definition) is 2. The van der Waals surface area contributed by atoms with E-state index >= 15 is 0 Å². The number of para-hydroxylation sites is 4. The zero-order valence-electron chi connectivity index (χ0n) is 34.4. The van der Waals surface area contributed by atoms with Crippen LogP contribution in [0.15, 0.2) is 243 Å². The van der Waals surface area contributed by atoms with E-state index in [-0.39, 0.29) is 0 Å². The molecule has 0 bridgehead atoms. The highest BCUT2D eigenvalue weighted by molar-refractivity contribution is 7.26. The average Bonchev–Trinajstić information content (AvgIpc) is 3.91. The molecule has 296 valence electrons. The second-order valence-corrected chi connectivity index (χ2v) is 17.0. The Balaban J connectivity index is 1.15. The van der Waals surface area contributed by atoms with Gasteiger partial charge in [0.2, 0.25) is 0 Å². The maximum Gasteiger partial charge on any atom is 0.0562 e. The van der Waals surface area contributed by atoms with Crippen molar-refractivity contribution in [2.45, 2.75) is 0 Å². The number of thiophene rings is 1. The SMILES string of the molecule is c1ccc(-c2ccccc2-c2ccccc2N(c2ccccc2-c2ccccc2)c2cccc3c2c2ccccc2n3-c2ccccc2-c2cccc3c2sc2ccccc23)cc1. The molecule has 0 fully saturated rings. The lowest BCUT2D eigenvalue weighted by Gasteiger charge is -2.31. The van der Waals surface area contributed by atoms with Crippen LogP contribution in [-0.2, 0) is 0 Å². The summed E-state index contributed by atoms with van der Waals surface area (Å²) in [5.41, 5.74) is 16.3. The van der Waals surface area contributed by atoms with Gasteiger partial charge in [0.15, 0.2) is 0 Å². The van der Waals surface area contributed by atoms with Gasteiger partial charge in [0.1, 0.15) is 0 Å². The van der Waals surface area contributed by atoms with Crippen molar-refractivity contribution in [3.8, 4) is 50.2 Å². The summed E-state index contributed by atoms with van der Waals surface area (Å²) >= 11 is 1.88. The topological polar surface area (TPSA) is 8.17 Å². The number of benzene rings is 10. The van der Waals surface area contributed by atoms with Gasteiger partial charge in [-0.3, -0.25) is 0 Å². The van der Waals surface area contributed by atoms with Crippen LogP contribution in [-0.4, -0.2) is 4.57 Å². The predicted molar refractivity (Wildman–Crippen MR) is 270 cm³/mol. The van der Waals surface area contributed by atoms with E-state index in [4.69, 9.17) is 0 Å². The maximum atomic E-state index is 2.52. The minimum atomic E-state index is 1.10. The Morgan fingerprint density at radius 1 is 0.302 bits per heavy atom. The van der Waals surface area contributed by atoms with E-state index < -0.39 is 0 Å². The average molecular weight is 821 g/mol. The fourth-order valence-corrected chi connectivity index (χ4v) is 10.9. The number of fused-ring (bicyclic) bond motifs is 6. The van der Waals surface area contributed by atoms with Crippen molar-refractivity contribution < 1.29 is 0 Å². The van der Waals surface area contributed by atoms with Crippen molar-refractivity contribution in [1.29, 1.82) is 0 Å². The zero-order chi connectivity index (χ0) is 41.7. The van der Waals surface area contributed by atoms with Crippen LogP contribution in [0.5, 0.6) is 0 Å². The van der Waals surface area contributed by atoms with Crippen LogP contribution in [0.4, 0.5) is 17.1 Å². The summed E-state index contributed by atoms with van der Waals surface area (Å²) in [5.74, 6) is 0. The molecule has 0 unspecified atom stereocenters. The summed E-state index contributed by atoms with van der Waals surface area (Å²) in [5, 5.41) is 4.99. The Hall–Kier alpha value is -7.98. The summed E-state index contributed by atoms with van der Waals surface area (Å²) in [6, 6.07) is 88.4. The van der Waals surface area contributed by atoms with Gasteiger partial charge in [0.05, 0.1) is 33.8 Å². The molecule has 12 rings (SSSR count). The molecule has 0 N–H and O–H groups in total. The van der Waals surface area contributed by atoms with Crippen molar-refractivity contribution in [2.24, 2.45) is 0 Å². The third-order valence-corrected chi connectivity index (χ3v) is 13.7. The molecule has 3 heteroatoms. The third kappa shape index (κ3) is 6.16. The van der Waals surface area contributed by atoms with Gasteiger partial charge in [-0.05, 0) is 64.7 Å². The molecular weight excluding hydrogens is 781 g/mol. The number of aromatic nitrogens is 1. The summed E-state index contributed by atoms with van der Waals surface area (Å²) < 4.78 is 5.11. The summed E-state index contributed by atoms with van der Waals surface area (Å²) in [6.45, 7) is 0. The fraction of sp³-hybridized carbons (Fsp3) is 0. The first-order chi connectivity index (χ1) is 31.3. The zero-order valence-corrected chi connectivity index (χ0v) is 35.2. The van der Waals surface area contributed by atoms with Crippen molar-refractivity contribution in [3.05, 3.63) is 243 Å². The van der Waals surface area contributed by atoms with Gasteiger partial charge < -0.3 is 9.47 Å². The second kappa shape index (κ2) is 15.5. The third-order valence-electron chi connectivity index (χ3n) is 12.4. The molecule has 0 amide bonds. The minimum absolute atomic E-state index is 1.10. The molecule has 63 heavy (non-hydrogen) atoms. The fourth-order valence-electron chi connectivity index (χ4n) is 9.71. The standard InChI is InChI=1S/C60H40N2S/c1-3-21-41(22-4-1)43-25-7-8-27-45(43)46-28-10-15-35-53(46)61(52-34-14-9-26-44(52)42-23-5-2-6-24-42)56-38-20-39-57-59(56)51-31-12-17-37-55(51)62(57)54-36-16-11-29-47(54)49-32-19-33-50-48-30-13-18-40-58(48)63-60(49)50/h1-40H. The molecule has 0 aliphatic heterocycles. The molecule has 0 saturated heterocycles. The Bertz CT molecular complexity index is 3640. The Labute approximate surface area is 370 Å². The van der Waals surface area contributed by atoms with E-state index in [0.29, 0.717) is 0 Å². The van der Waals surface area contributed by atoms with Crippen molar-refractivity contribution in [3.63, 3.8) is 0 Å². The Morgan fingerprint density at radius 2 is 0.794 bits per heavy atom. The lowest BCUT2D eigenvalue weighted by atomic mass is 9.92. The van der Waals surface area contributed by atoms with Crippen molar-refractivity contribution in [1.82, 2.24) is 4.57 Å². The van der Waals surface area contributed by atoms with Crippen LogP contribution in [0.25, 0.3) is 92.2 Å². The Kier molecular flexibility index (Phi) is 9.06. The molecule has 0 aliphatic rings. The van der Waals surface area contributed by atoms with Gasteiger partial charge >= 0.3 is 0 Å². The smallest absolute Gasteiger partial charge is 0.0562 e. The molecule has 0 spiro atoms. The van der Waals surface area contributed by atoms with Gasteiger partial charge in [-0.1, -0.05) is 200 Å². The van der Waals surface area contributed by atoms with Crippen LogP contribution in [0.3, 0.4) is 0 Å². The monoisotopic (exact) mass is 820 g/mol. The van der Waals surface area contributed by atoms with E-state index in [9.17, 15) is 0 Å². The van der Waals surface area contributed by atoms with E-state index in [1.165, 1.54) is 64.3 Å². The van der Waals surface area contributed by atoms with Crippen molar-refractivity contribution >= 4 is 70.4 Å². The van der Waals surface area contributed by atoms with Crippen LogP contribution in [0.2, 0.25) is 0 Å². The van der Waals surface area contributed by atoms with Gasteiger partial charge in [-0.25, -0.2) is 0 Å². The highest BCUT2D eigenvalue weighted by Crippen LogP contribution is 2.50. The molecule has 0 aliphatic carbocycles. The summed E-state index contributed by atoms with van der Waals surface area (Å²) in [6.07, 6.45) is 0. The first-order valence-corrected chi connectivity index (χ1v) is 22.3. The van der Waals surface area contributed by atoms with E-state index in [2.05, 4.69) is 252 Å². The lowest BCUT2D eigenvalue weighted by molar-refractivity contribution is 1.18. The van der Waals surface area contributed by atoms with Crippen LogP contribution in [0, 0.1) is 0 Å².